The van der Waals surface area contributed by atoms with Crippen molar-refractivity contribution < 1.29 is 5.11 Å². The molecule has 0 radical (unpaired) electrons. The molecular weight excluding hydrogens is 126 g/mol. The molecule has 0 amide bonds. The quantitative estimate of drug-likeness (QED) is 0.574. The van der Waals surface area contributed by atoms with Crippen LogP contribution in [0.3, 0.4) is 0 Å². The summed E-state index contributed by atoms with van der Waals surface area (Å²) in [5, 5.41) is 12.3. The number of hydrogen-bond acceptors (Lipinski definition) is 2. The second-order valence-electron chi connectivity index (χ2n) is 2.84. The maximum Gasteiger partial charge on any atom is 0.0693 e. The molecule has 0 rings (SSSR count). The molecule has 0 spiro atoms. The van der Waals surface area contributed by atoms with Crippen molar-refractivity contribution in [2.24, 2.45) is 0 Å². The van der Waals surface area contributed by atoms with E-state index in [0.717, 1.165) is 6.42 Å². The van der Waals surface area contributed by atoms with Crippen molar-refractivity contribution in [3.63, 3.8) is 0 Å². The van der Waals surface area contributed by atoms with E-state index in [1.807, 2.05) is 20.0 Å². The van der Waals surface area contributed by atoms with Crippen LogP contribution in [0.4, 0.5) is 0 Å². The summed E-state index contributed by atoms with van der Waals surface area (Å²) in [6.07, 6.45) is 2.24. The Morgan fingerprint density at radius 3 is 2.40 bits per heavy atom. The minimum absolute atomic E-state index is 0.220. The molecule has 10 heavy (non-hydrogen) atoms. The topological polar surface area (TPSA) is 32.3 Å². The summed E-state index contributed by atoms with van der Waals surface area (Å²) in [7, 11) is 1.84. The van der Waals surface area contributed by atoms with Gasteiger partial charge in [0.15, 0.2) is 0 Å². The zero-order chi connectivity index (χ0) is 8.20. The molecule has 0 aromatic carbocycles. The largest absolute Gasteiger partial charge is 0.391 e. The van der Waals surface area contributed by atoms with Crippen LogP contribution in [-0.4, -0.2) is 23.8 Å². The second kappa shape index (κ2) is 3.74. The van der Waals surface area contributed by atoms with Gasteiger partial charge in [0, 0.05) is 5.54 Å². The van der Waals surface area contributed by atoms with E-state index in [1.165, 1.54) is 0 Å². The number of nitrogens with one attached hydrogen (secondary N) is 1. The summed E-state index contributed by atoms with van der Waals surface area (Å²) in [6, 6.07) is 0. The van der Waals surface area contributed by atoms with E-state index >= 15 is 0 Å². The molecule has 60 valence electrons. The third kappa shape index (κ3) is 2.12. The summed E-state index contributed by atoms with van der Waals surface area (Å²) in [6.45, 7) is 7.37. The lowest BCUT2D eigenvalue weighted by molar-refractivity contribution is 0.0924. The lowest BCUT2D eigenvalue weighted by Gasteiger charge is -2.31. The average Bonchev–Trinajstić information content (AvgIpc) is 1.88. The minimum Gasteiger partial charge on any atom is -0.391 e. The highest BCUT2D eigenvalue weighted by Gasteiger charge is 2.25. The van der Waals surface area contributed by atoms with Crippen LogP contribution in [0, 0.1) is 0 Å². The van der Waals surface area contributed by atoms with Gasteiger partial charge in [-0.2, -0.15) is 0 Å². The fourth-order valence-corrected chi connectivity index (χ4v) is 0.781. The lowest BCUT2D eigenvalue weighted by Crippen LogP contribution is -2.48. The molecule has 1 unspecified atom stereocenters. The van der Waals surface area contributed by atoms with Gasteiger partial charge in [-0.25, -0.2) is 0 Å². The summed E-state index contributed by atoms with van der Waals surface area (Å²) in [5.74, 6) is 0. The van der Waals surface area contributed by atoms with E-state index < -0.39 is 0 Å². The second-order valence-corrected chi connectivity index (χ2v) is 2.84. The third-order valence-corrected chi connectivity index (χ3v) is 2.06. The van der Waals surface area contributed by atoms with Gasteiger partial charge in [-0.1, -0.05) is 6.08 Å². The molecule has 0 aliphatic rings. The van der Waals surface area contributed by atoms with Crippen LogP contribution in [0.5, 0.6) is 0 Å². The van der Waals surface area contributed by atoms with Gasteiger partial charge in [-0.15, -0.1) is 6.58 Å². The maximum absolute atomic E-state index is 9.29. The first-order valence-corrected chi connectivity index (χ1v) is 3.54. The molecule has 2 atom stereocenters. The highest BCUT2D eigenvalue weighted by molar-refractivity contribution is 4.92. The van der Waals surface area contributed by atoms with Gasteiger partial charge in [0.2, 0.25) is 0 Å². The van der Waals surface area contributed by atoms with Gasteiger partial charge in [-0.3, -0.25) is 0 Å². The number of hydrogen-bond donors (Lipinski definition) is 2. The average molecular weight is 143 g/mol. The first kappa shape index (κ1) is 9.66. The standard InChI is InChI=1S/C8H17NO/c1-5-6-8(3,9-4)7(2)10/h5,7,9-10H,1,6H2,2-4H3/t7?,8-/m1/s1. The van der Waals surface area contributed by atoms with Crippen molar-refractivity contribution >= 4 is 0 Å². The van der Waals surface area contributed by atoms with Crippen LogP contribution in [-0.2, 0) is 0 Å². The van der Waals surface area contributed by atoms with E-state index in [9.17, 15) is 5.11 Å². The smallest absolute Gasteiger partial charge is 0.0693 e. The molecule has 0 aliphatic carbocycles. The van der Waals surface area contributed by atoms with Crippen LogP contribution in [0.2, 0.25) is 0 Å². The van der Waals surface area contributed by atoms with E-state index in [4.69, 9.17) is 0 Å². The first-order valence-electron chi connectivity index (χ1n) is 3.54. The molecule has 2 N–H and O–H groups in total. The molecule has 0 aliphatic heterocycles. The maximum atomic E-state index is 9.29. The Hall–Kier alpha value is -0.340. The normalized spacial score (nSPS) is 19.6. The van der Waals surface area contributed by atoms with Crippen LogP contribution in [0.1, 0.15) is 20.3 Å². The molecule has 2 heteroatoms. The molecule has 0 aromatic heterocycles. The van der Waals surface area contributed by atoms with Gasteiger partial charge in [0.1, 0.15) is 0 Å². The Morgan fingerprint density at radius 2 is 2.30 bits per heavy atom. The molecule has 0 saturated heterocycles. The molecule has 0 fully saturated rings. The van der Waals surface area contributed by atoms with E-state index in [-0.39, 0.29) is 11.6 Å². The lowest BCUT2D eigenvalue weighted by atomic mass is 9.92. The number of likely N-dealkylation sites (N-methyl/N-ethyl adjacent to an activating group) is 1. The number of aliphatic hydroxyl groups is 1. The van der Waals surface area contributed by atoms with Gasteiger partial charge in [0.05, 0.1) is 6.10 Å². The predicted octanol–water partition coefficient (Wildman–Crippen LogP) is 0.921. The number of aliphatic hydroxyl groups excluding tert-OH is 1. The summed E-state index contributed by atoms with van der Waals surface area (Å²) in [4.78, 5) is 0. The van der Waals surface area contributed by atoms with Crippen molar-refractivity contribution in [2.45, 2.75) is 31.9 Å². The zero-order valence-corrected chi connectivity index (χ0v) is 7.02. The Bertz CT molecular complexity index is 112. The molecule has 0 bridgehead atoms. The Balaban J connectivity index is 4.07. The van der Waals surface area contributed by atoms with Crippen LogP contribution >= 0.6 is 0 Å². The first-order chi connectivity index (χ1) is 4.56. The van der Waals surface area contributed by atoms with Gasteiger partial charge >= 0.3 is 0 Å². The predicted molar refractivity (Wildman–Crippen MR) is 44.0 cm³/mol. The minimum atomic E-state index is -0.351. The third-order valence-electron chi connectivity index (χ3n) is 2.06. The number of rotatable bonds is 4. The Kier molecular flexibility index (Phi) is 3.61. The fourth-order valence-electron chi connectivity index (χ4n) is 0.781. The van der Waals surface area contributed by atoms with Crippen molar-refractivity contribution in [3.05, 3.63) is 12.7 Å². The van der Waals surface area contributed by atoms with Crippen molar-refractivity contribution in [3.8, 4) is 0 Å². The molecule has 0 saturated carbocycles. The SMILES string of the molecule is C=CC[C@@](C)(NC)C(C)O. The van der Waals surface area contributed by atoms with E-state index in [0.29, 0.717) is 0 Å². The molecule has 0 heterocycles. The van der Waals surface area contributed by atoms with Crippen LogP contribution < -0.4 is 5.32 Å². The Morgan fingerprint density at radius 1 is 1.80 bits per heavy atom. The van der Waals surface area contributed by atoms with Gasteiger partial charge < -0.3 is 10.4 Å². The monoisotopic (exact) mass is 143 g/mol. The summed E-state index contributed by atoms with van der Waals surface area (Å²) >= 11 is 0. The van der Waals surface area contributed by atoms with Crippen molar-refractivity contribution in [2.75, 3.05) is 7.05 Å². The van der Waals surface area contributed by atoms with Gasteiger partial charge in [0.25, 0.3) is 0 Å². The fraction of sp³-hybridized carbons (Fsp3) is 0.750. The molecule has 0 aromatic rings. The van der Waals surface area contributed by atoms with E-state index in [2.05, 4.69) is 11.9 Å². The van der Waals surface area contributed by atoms with Gasteiger partial charge in [-0.05, 0) is 27.3 Å². The van der Waals surface area contributed by atoms with Crippen LogP contribution in [0.25, 0.3) is 0 Å². The highest BCUT2D eigenvalue weighted by atomic mass is 16.3. The van der Waals surface area contributed by atoms with E-state index in [1.54, 1.807) is 6.92 Å². The summed E-state index contributed by atoms with van der Waals surface area (Å²) < 4.78 is 0. The molecule has 2 nitrogen and oxygen atoms in total. The molecular formula is C8H17NO. The van der Waals surface area contributed by atoms with Crippen molar-refractivity contribution in [1.82, 2.24) is 5.32 Å². The van der Waals surface area contributed by atoms with Crippen LogP contribution in [0.15, 0.2) is 12.7 Å². The van der Waals surface area contributed by atoms with Crippen molar-refractivity contribution in [1.29, 1.82) is 0 Å². The highest BCUT2D eigenvalue weighted by Crippen LogP contribution is 2.13. The zero-order valence-electron chi connectivity index (χ0n) is 7.02. The Labute approximate surface area is 62.9 Å². The summed E-state index contributed by atoms with van der Waals surface area (Å²) in [5.41, 5.74) is -0.220.